The second-order valence-electron chi connectivity index (χ2n) is 6.97. The molecule has 2 aromatic carbocycles. The molecular weight excluding hydrogens is 438 g/mol. The van der Waals surface area contributed by atoms with E-state index in [-0.39, 0.29) is 11.3 Å². The summed E-state index contributed by atoms with van der Waals surface area (Å²) in [4.78, 5) is 25.1. The van der Waals surface area contributed by atoms with Gasteiger partial charge in [0.15, 0.2) is 0 Å². The number of aromatic nitrogens is 1. The molecule has 0 aliphatic heterocycles. The molecule has 0 saturated heterocycles. The maximum absolute atomic E-state index is 13.1. The van der Waals surface area contributed by atoms with Crippen LogP contribution in [-0.4, -0.2) is 38.3 Å². The molecule has 0 aliphatic carbocycles. The Morgan fingerprint density at radius 1 is 1.23 bits per heavy atom. The lowest BCUT2D eigenvalue weighted by molar-refractivity contribution is -0.117. The van der Waals surface area contributed by atoms with Gasteiger partial charge < -0.3 is 10.1 Å². The molecule has 1 unspecified atom stereocenters. The molecule has 1 amide bonds. The summed E-state index contributed by atoms with van der Waals surface area (Å²) in [7, 11) is -2.27. The summed E-state index contributed by atoms with van der Waals surface area (Å²) in [6.45, 7) is 4.21. The quantitative estimate of drug-likeness (QED) is 0.553. The first-order chi connectivity index (χ1) is 14.7. The highest BCUT2D eigenvalue weighted by Gasteiger charge is 2.32. The number of fused-ring (bicyclic) bond motifs is 1. The van der Waals surface area contributed by atoms with Crippen LogP contribution in [0.1, 0.15) is 20.3 Å². The number of nitrogens with one attached hydrogen (secondary N) is 1. The van der Waals surface area contributed by atoms with Gasteiger partial charge in [0.25, 0.3) is 0 Å². The minimum atomic E-state index is -3.76. The first-order valence-corrected chi connectivity index (χ1v) is 12.4. The molecule has 31 heavy (non-hydrogen) atoms. The van der Waals surface area contributed by atoms with Crippen LogP contribution in [-0.2, 0) is 21.4 Å². The third-order valence-electron chi connectivity index (χ3n) is 4.89. The smallest absolute Gasteiger partial charge is 0.308 e. The molecular formula is C21H25N3O5S2. The summed E-state index contributed by atoms with van der Waals surface area (Å²) in [5, 5.41) is 2.80. The van der Waals surface area contributed by atoms with Crippen LogP contribution in [0.3, 0.4) is 0 Å². The number of rotatable bonds is 8. The average molecular weight is 464 g/mol. The molecule has 0 radical (unpaired) electrons. The number of nitrogens with zero attached hydrogens (tertiary/aromatic N) is 2. The Balaban J connectivity index is 1.95. The fraction of sp³-hybridized carbons (Fsp3) is 0.333. The van der Waals surface area contributed by atoms with Gasteiger partial charge in [0.1, 0.15) is 11.8 Å². The predicted octanol–water partition coefficient (Wildman–Crippen LogP) is 3.27. The maximum atomic E-state index is 13.1. The standard InChI is InChI=1S/C21H25N3O5S2/c1-5-17(24(31(4,27)28)15-8-7-9-16(13-15)29-3)20(25)22-14-10-11-18-19(12-14)30-21(26)23(18)6-2/h7-13,17H,5-6H2,1-4H3,(H,22,25). The van der Waals surface area contributed by atoms with Crippen molar-refractivity contribution in [3.8, 4) is 5.75 Å². The number of ether oxygens (including phenoxy) is 1. The monoisotopic (exact) mass is 463 g/mol. The number of anilines is 2. The van der Waals surface area contributed by atoms with Crippen molar-refractivity contribution in [2.75, 3.05) is 23.0 Å². The lowest BCUT2D eigenvalue weighted by atomic mass is 10.1. The molecule has 1 atom stereocenters. The van der Waals surface area contributed by atoms with Crippen LogP contribution in [0.15, 0.2) is 47.3 Å². The van der Waals surface area contributed by atoms with Crippen LogP contribution in [0, 0.1) is 0 Å². The molecule has 166 valence electrons. The lowest BCUT2D eigenvalue weighted by Gasteiger charge is -2.30. The van der Waals surface area contributed by atoms with E-state index < -0.39 is 22.0 Å². The highest BCUT2D eigenvalue weighted by Crippen LogP contribution is 2.27. The number of aryl methyl sites for hydroxylation is 1. The van der Waals surface area contributed by atoms with Crippen LogP contribution in [0.5, 0.6) is 5.75 Å². The molecule has 1 heterocycles. The van der Waals surface area contributed by atoms with Crippen molar-refractivity contribution >= 4 is 48.9 Å². The summed E-state index contributed by atoms with van der Waals surface area (Å²) in [5.74, 6) is 0.0274. The molecule has 3 aromatic rings. The van der Waals surface area contributed by atoms with Gasteiger partial charge in [-0.2, -0.15) is 0 Å². The summed E-state index contributed by atoms with van der Waals surface area (Å²) < 4.78 is 33.9. The number of thiazole rings is 1. The van der Waals surface area contributed by atoms with Crippen molar-refractivity contribution in [2.45, 2.75) is 32.9 Å². The van der Waals surface area contributed by atoms with Crippen LogP contribution < -0.4 is 19.2 Å². The van der Waals surface area contributed by atoms with E-state index in [4.69, 9.17) is 4.74 Å². The van der Waals surface area contributed by atoms with Gasteiger partial charge in [-0.15, -0.1) is 0 Å². The first-order valence-electron chi connectivity index (χ1n) is 9.77. The third kappa shape index (κ3) is 4.75. The number of carbonyl (C=O) groups excluding carboxylic acids is 1. The Bertz CT molecular complexity index is 1260. The summed E-state index contributed by atoms with van der Waals surface area (Å²) in [6.07, 6.45) is 1.33. The molecule has 1 N–H and O–H groups in total. The maximum Gasteiger partial charge on any atom is 0.308 e. The topological polar surface area (TPSA) is 97.7 Å². The van der Waals surface area contributed by atoms with E-state index in [0.717, 1.165) is 32.1 Å². The number of benzene rings is 2. The number of carbonyl (C=O) groups is 1. The molecule has 1 aromatic heterocycles. The van der Waals surface area contributed by atoms with E-state index in [9.17, 15) is 18.0 Å². The van der Waals surface area contributed by atoms with Crippen LogP contribution in [0.4, 0.5) is 11.4 Å². The van der Waals surface area contributed by atoms with Crippen molar-refractivity contribution in [1.82, 2.24) is 4.57 Å². The lowest BCUT2D eigenvalue weighted by Crippen LogP contribution is -2.47. The van der Waals surface area contributed by atoms with E-state index in [0.29, 0.717) is 23.7 Å². The molecule has 3 rings (SSSR count). The Hall–Kier alpha value is -2.85. The Labute approximate surface area is 185 Å². The van der Waals surface area contributed by atoms with Gasteiger partial charge in [0.05, 0.1) is 29.3 Å². The Morgan fingerprint density at radius 3 is 2.58 bits per heavy atom. The van der Waals surface area contributed by atoms with Gasteiger partial charge in [-0.05, 0) is 43.7 Å². The zero-order chi connectivity index (χ0) is 22.8. The van der Waals surface area contributed by atoms with E-state index in [2.05, 4.69) is 5.32 Å². The minimum Gasteiger partial charge on any atom is -0.497 e. The zero-order valence-corrected chi connectivity index (χ0v) is 19.4. The van der Waals surface area contributed by atoms with Gasteiger partial charge in [0.2, 0.25) is 15.9 Å². The number of methoxy groups -OCH3 is 1. The van der Waals surface area contributed by atoms with Crippen molar-refractivity contribution in [1.29, 1.82) is 0 Å². The molecule has 8 nitrogen and oxygen atoms in total. The van der Waals surface area contributed by atoms with Gasteiger partial charge in [-0.3, -0.25) is 18.5 Å². The van der Waals surface area contributed by atoms with E-state index in [1.807, 2.05) is 6.92 Å². The highest BCUT2D eigenvalue weighted by atomic mass is 32.2. The number of sulfonamides is 1. The molecule has 0 aliphatic rings. The summed E-state index contributed by atoms with van der Waals surface area (Å²) in [6, 6.07) is 10.8. The van der Waals surface area contributed by atoms with Gasteiger partial charge in [-0.1, -0.05) is 24.3 Å². The molecule has 10 heteroatoms. The van der Waals surface area contributed by atoms with Crippen molar-refractivity contribution in [2.24, 2.45) is 0 Å². The normalized spacial score (nSPS) is 12.5. The first kappa shape index (κ1) is 22.8. The summed E-state index contributed by atoms with van der Waals surface area (Å²) >= 11 is 1.11. The average Bonchev–Trinajstić information content (AvgIpc) is 3.04. The zero-order valence-electron chi connectivity index (χ0n) is 17.8. The third-order valence-corrected chi connectivity index (χ3v) is 7.01. The summed E-state index contributed by atoms with van der Waals surface area (Å²) in [5.41, 5.74) is 1.65. The van der Waals surface area contributed by atoms with Gasteiger partial charge >= 0.3 is 4.87 Å². The van der Waals surface area contributed by atoms with Crippen LogP contribution in [0.25, 0.3) is 10.2 Å². The second kappa shape index (κ2) is 9.11. The molecule has 0 fully saturated rings. The van der Waals surface area contributed by atoms with Crippen molar-refractivity contribution in [3.63, 3.8) is 0 Å². The second-order valence-corrected chi connectivity index (χ2v) is 9.82. The van der Waals surface area contributed by atoms with Crippen LogP contribution in [0.2, 0.25) is 0 Å². The number of hydrogen-bond acceptors (Lipinski definition) is 6. The predicted molar refractivity (Wildman–Crippen MR) is 125 cm³/mol. The highest BCUT2D eigenvalue weighted by molar-refractivity contribution is 7.92. The molecule has 0 saturated carbocycles. The Morgan fingerprint density at radius 2 is 1.97 bits per heavy atom. The molecule has 0 bridgehead atoms. The van der Waals surface area contributed by atoms with Crippen LogP contribution >= 0.6 is 11.3 Å². The van der Waals surface area contributed by atoms with Crippen molar-refractivity contribution < 1.29 is 17.9 Å². The fourth-order valence-electron chi connectivity index (χ4n) is 3.48. The fourth-order valence-corrected chi connectivity index (χ4v) is 5.68. The minimum absolute atomic E-state index is 0.0614. The SMILES string of the molecule is CCC(C(=O)Nc1ccc2c(c1)sc(=O)n2CC)N(c1cccc(OC)c1)S(C)(=O)=O. The van der Waals surface area contributed by atoms with Gasteiger partial charge in [-0.25, -0.2) is 8.42 Å². The van der Waals surface area contributed by atoms with Gasteiger partial charge in [0, 0.05) is 18.3 Å². The van der Waals surface area contributed by atoms with E-state index in [1.54, 1.807) is 54.0 Å². The van der Waals surface area contributed by atoms with E-state index in [1.165, 1.54) is 7.11 Å². The van der Waals surface area contributed by atoms with Crippen molar-refractivity contribution in [3.05, 3.63) is 52.1 Å². The molecule has 0 spiro atoms. The van der Waals surface area contributed by atoms with E-state index >= 15 is 0 Å². The number of hydrogen-bond donors (Lipinski definition) is 1. The largest absolute Gasteiger partial charge is 0.497 e. The Kier molecular flexibility index (Phi) is 6.71. The number of amides is 1.